The molecule has 1 unspecified atom stereocenters. The number of aromatic hydroxyl groups is 1. The highest BCUT2D eigenvalue weighted by molar-refractivity contribution is 6.31. The summed E-state index contributed by atoms with van der Waals surface area (Å²) in [4.78, 5) is 9.65. The molecule has 178 valence electrons. The van der Waals surface area contributed by atoms with Crippen LogP contribution in [0.2, 0.25) is 5.02 Å². The highest BCUT2D eigenvalue weighted by Crippen LogP contribution is 2.25. The maximum atomic E-state index is 13.5. The van der Waals surface area contributed by atoms with Gasteiger partial charge in [-0.15, -0.1) is 0 Å². The molecule has 6 heteroatoms. The van der Waals surface area contributed by atoms with E-state index in [1.54, 1.807) is 12.1 Å². The lowest BCUT2D eigenvalue weighted by molar-refractivity contribution is 0.191. The third-order valence-corrected chi connectivity index (χ3v) is 6.52. The van der Waals surface area contributed by atoms with Crippen LogP contribution in [0, 0.1) is 5.82 Å². The van der Waals surface area contributed by atoms with Gasteiger partial charge >= 0.3 is 0 Å². The monoisotopic (exact) mass is 479 g/mol. The Morgan fingerprint density at radius 3 is 2.53 bits per heavy atom. The number of phenolic OH excluding ortho intramolecular Hbond substituents is 1. The van der Waals surface area contributed by atoms with Crippen LogP contribution >= 0.6 is 11.6 Å². The summed E-state index contributed by atoms with van der Waals surface area (Å²) in [5.41, 5.74) is 3.17. The van der Waals surface area contributed by atoms with Gasteiger partial charge in [0.2, 0.25) is 0 Å². The van der Waals surface area contributed by atoms with Gasteiger partial charge in [-0.1, -0.05) is 61.3 Å². The number of aliphatic imine (C=N–C) groups is 1. The van der Waals surface area contributed by atoms with Crippen molar-refractivity contribution in [1.82, 2.24) is 9.80 Å². The molecule has 0 amide bonds. The van der Waals surface area contributed by atoms with E-state index in [0.29, 0.717) is 18.1 Å². The number of hydrogen-bond acceptors (Lipinski definition) is 4. The summed E-state index contributed by atoms with van der Waals surface area (Å²) in [6.45, 7) is 6.06. The molecule has 1 aliphatic rings. The van der Waals surface area contributed by atoms with Gasteiger partial charge in [0.15, 0.2) is 0 Å². The number of unbranched alkanes of at least 4 members (excludes halogenated alkanes) is 1. The van der Waals surface area contributed by atoms with E-state index in [2.05, 4.69) is 41.0 Å². The van der Waals surface area contributed by atoms with Gasteiger partial charge in [0, 0.05) is 36.8 Å². The Hall–Kier alpha value is -2.89. The molecule has 1 N–H and O–H groups in total. The minimum atomic E-state index is -0.237. The summed E-state index contributed by atoms with van der Waals surface area (Å²) in [7, 11) is 0. The molecule has 3 aromatic rings. The van der Waals surface area contributed by atoms with Crippen LogP contribution in [0.4, 0.5) is 4.39 Å². The summed E-state index contributed by atoms with van der Waals surface area (Å²) >= 11 is 6.46. The topological polar surface area (TPSA) is 39.1 Å². The number of rotatable bonds is 10. The lowest BCUT2D eigenvalue weighted by Gasteiger charge is -2.33. The maximum Gasteiger partial charge on any atom is 0.131 e. The van der Waals surface area contributed by atoms with Gasteiger partial charge < -0.3 is 10.0 Å². The molecule has 1 atom stereocenters. The van der Waals surface area contributed by atoms with E-state index in [0.717, 1.165) is 49.4 Å². The van der Waals surface area contributed by atoms with Gasteiger partial charge in [-0.2, -0.15) is 0 Å². The average Bonchev–Trinajstić information content (AvgIpc) is 3.22. The summed E-state index contributed by atoms with van der Waals surface area (Å²) in [6.07, 6.45) is 2.16. The zero-order valence-corrected chi connectivity index (χ0v) is 20.3. The molecule has 4 nitrogen and oxygen atoms in total. The molecule has 0 radical (unpaired) electrons. The van der Waals surface area contributed by atoms with E-state index in [1.165, 1.54) is 17.7 Å². The van der Waals surface area contributed by atoms with Crippen molar-refractivity contribution < 1.29 is 9.50 Å². The molecule has 1 heterocycles. The molecular formula is C28H31ClFN3O. The fraction of sp³-hybridized carbons (Fsp3) is 0.321. The lowest BCUT2D eigenvalue weighted by Crippen LogP contribution is -2.45. The summed E-state index contributed by atoms with van der Waals surface area (Å²) in [5.74, 6) is 0.877. The molecule has 4 rings (SSSR count). The smallest absolute Gasteiger partial charge is 0.131 e. The van der Waals surface area contributed by atoms with Crippen LogP contribution in [-0.2, 0) is 13.1 Å². The van der Waals surface area contributed by atoms with Crippen LogP contribution in [0.3, 0.4) is 0 Å². The van der Waals surface area contributed by atoms with E-state index >= 15 is 0 Å². The Bertz CT molecular complexity index is 1100. The first kappa shape index (κ1) is 24.2. The highest BCUT2D eigenvalue weighted by atomic mass is 35.5. The average molecular weight is 480 g/mol. The Morgan fingerprint density at radius 1 is 1.06 bits per heavy atom. The quantitative estimate of drug-likeness (QED) is 0.381. The normalized spacial score (nSPS) is 15.7. The Balaban J connectivity index is 1.56. The van der Waals surface area contributed by atoms with Gasteiger partial charge in [0.05, 0.1) is 12.6 Å². The van der Waals surface area contributed by atoms with Crippen LogP contribution in [0.15, 0.2) is 77.8 Å². The Morgan fingerprint density at radius 2 is 1.82 bits per heavy atom. The van der Waals surface area contributed by atoms with Crippen LogP contribution in [0.25, 0.3) is 0 Å². The van der Waals surface area contributed by atoms with Crippen molar-refractivity contribution in [3.63, 3.8) is 0 Å². The van der Waals surface area contributed by atoms with Gasteiger partial charge in [-0.25, -0.2) is 4.39 Å². The molecule has 0 fully saturated rings. The number of benzene rings is 3. The molecule has 0 spiro atoms. The van der Waals surface area contributed by atoms with E-state index < -0.39 is 0 Å². The standard InChI is InChI=1S/C28H31ClFN3O/c1-2-3-15-33-25(17-31-28(33)22-9-12-24(30)13-10-22)20-32(18-21-7-5-4-6-8-21)19-23-11-14-26(34)16-27(23)29/h4-14,16,25,34H,2-3,15,17-20H2,1H3. The molecule has 0 saturated carbocycles. The number of phenols is 1. The van der Waals surface area contributed by atoms with Crippen LogP contribution in [-0.4, -0.2) is 46.4 Å². The van der Waals surface area contributed by atoms with Gasteiger partial charge in [-0.05, 0) is 53.9 Å². The lowest BCUT2D eigenvalue weighted by atomic mass is 10.1. The zero-order chi connectivity index (χ0) is 23.9. The number of amidine groups is 1. The largest absolute Gasteiger partial charge is 0.508 e. The predicted octanol–water partition coefficient (Wildman–Crippen LogP) is 6.12. The molecule has 0 aromatic heterocycles. The minimum absolute atomic E-state index is 0.169. The van der Waals surface area contributed by atoms with E-state index in [9.17, 15) is 9.50 Å². The van der Waals surface area contributed by atoms with Crippen molar-refractivity contribution in [1.29, 1.82) is 0 Å². The van der Waals surface area contributed by atoms with Gasteiger partial charge in [0.1, 0.15) is 17.4 Å². The van der Waals surface area contributed by atoms with E-state index in [-0.39, 0.29) is 17.6 Å². The first-order chi connectivity index (χ1) is 16.5. The molecule has 0 bridgehead atoms. The summed E-state index contributed by atoms with van der Waals surface area (Å²) in [6, 6.07) is 22.4. The van der Waals surface area contributed by atoms with Gasteiger partial charge in [-0.3, -0.25) is 9.89 Å². The third kappa shape index (κ3) is 6.16. The van der Waals surface area contributed by atoms with E-state index in [1.807, 2.05) is 24.3 Å². The second-order valence-corrected chi connectivity index (χ2v) is 9.21. The van der Waals surface area contributed by atoms with Crippen LogP contribution in [0.1, 0.15) is 36.5 Å². The molecule has 34 heavy (non-hydrogen) atoms. The van der Waals surface area contributed by atoms with Crippen molar-refractivity contribution in [2.24, 2.45) is 4.99 Å². The van der Waals surface area contributed by atoms with Crippen molar-refractivity contribution >= 4 is 17.4 Å². The fourth-order valence-corrected chi connectivity index (χ4v) is 4.65. The Kier molecular flexibility index (Phi) is 8.20. The van der Waals surface area contributed by atoms with Crippen molar-refractivity contribution in [2.75, 3.05) is 19.6 Å². The molecule has 1 aliphatic heterocycles. The molecule has 0 saturated heterocycles. The summed E-state index contributed by atoms with van der Waals surface area (Å²) in [5, 5.41) is 10.3. The highest BCUT2D eigenvalue weighted by Gasteiger charge is 2.30. The minimum Gasteiger partial charge on any atom is -0.508 e. The second-order valence-electron chi connectivity index (χ2n) is 8.80. The van der Waals surface area contributed by atoms with Crippen molar-refractivity contribution in [2.45, 2.75) is 38.9 Å². The Labute approximate surface area is 206 Å². The molecular weight excluding hydrogens is 449 g/mol. The first-order valence-electron chi connectivity index (χ1n) is 11.8. The molecule has 0 aliphatic carbocycles. The third-order valence-electron chi connectivity index (χ3n) is 6.17. The number of hydrogen-bond donors (Lipinski definition) is 1. The van der Waals surface area contributed by atoms with Gasteiger partial charge in [0.25, 0.3) is 0 Å². The van der Waals surface area contributed by atoms with E-state index in [4.69, 9.17) is 16.6 Å². The first-order valence-corrected chi connectivity index (χ1v) is 12.2. The zero-order valence-electron chi connectivity index (χ0n) is 19.5. The number of halogens is 2. The van der Waals surface area contributed by atoms with Crippen LogP contribution in [0.5, 0.6) is 5.75 Å². The summed E-state index contributed by atoms with van der Waals surface area (Å²) < 4.78 is 13.5. The van der Waals surface area contributed by atoms with Crippen LogP contribution < -0.4 is 0 Å². The molecule has 3 aromatic carbocycles. The van der Waals surface area contributed by atoms with Crippen molar-refractivity contribution in [3.05, 3.63) is 100 Å². The van der Waals surface area contributed by atoms with Crippen molar-refractivity contribution in [3.8, 4) is 5.75 Å². The fourth-order valence-electron chi connectivity index (χ4n) is 4.41. The predicted molar refractivity (Wildman–Crippen MR) is 137 cm³/mol. The SMILES string of the molecule is CCCCN1C(c2ccc(F)cc2)=NCC1CN(Cc1ccccc1)Cc1ccc(O)cc1Cl. The maximum absolute atomic E-state index is 13.5. The second kappa shape index (κ2) is 11.5. The number of nitrogens with zero attached hydrogens (tertiary/aromatic N) is 3.